The first-order valence-corrected chi connectivity index (χ1v) is 9.54. The molecule has 0 saturated heterocycles. The first-order valence-electron chi connectivity index (χ1n) is 6.98. The van der Waals surface area contributed by atoms with Crippen LogP contribution in [-0.4, -0.2) is 16.1 Å². The molecule has 0 fully saturated rings. The van der Waals surface area contributed by atoms with E-state index in [0.29, 0.717) is 25.3 Å². The van der Waals surface area contributed by atoms with Crippen molar-refractivity contribution in [3.63, 3.8) is 0 Å². The smallest absolute Gasteiger partial charge is 0.259 e. The van der Waals surface area contributed by atoms with Crippen molar-refractivity contribution in [2.24, 2.45) is 0 Å². The van der Waals surface area contributed by atoms with E-state index in [0.717, 1.165) is 5.56 Å². The molecular weight excluding hydrogens is 404 g/mol. The van der Waals surface area contributed by atoms with Crippen LogP contribution in [0.25, 0.3) is 0 Å². The number of nitrogens with one attached hydrogen (secondary N) is 1. The number of thioether (sulfide) groups is 1. The predicted octanol–water partition coefficient (Wildman–Crippen LogP) is 5.53. The van der Waals surface area contributed by atoms with Gasteiger partial charge in [-0.15, -0.1) is 10.2 Å². The van der Waals surface area contributed by atoms with Gasteiger partial charge in [0.1, 0.15) is 5.82 Å². The van der Waals surface area contributed by atoms with E-state index < -0.39 is 5.91 Å². The second-order valence-corrected chi connectivity index (χ2v) is 7.91. The molecule has 0 aliphatic rings. The van der Waals surface area contributed by atoms with Gasteiger partial charge in [0, 0.05) is 10.8 Å². The van der Waals surface area contributed by atoms with Crippen molar-refractivity contribution in [1.82, 2.24) is 10.2 Å². The number of hydrogen-bond acceptors (Lipinski definition) is 5. The zero-order valence-corrected chi connectivity index (χ0v) is 15.6. The van der Waals surface area contributed by atoms with Crippen LogP contribution in [0, 0.1) is 5.82 Å². The number of carbonyl (C=O) groups excluding carboxylic acids is 1. The number of carbonyl (C=O) groups is 1. The first kappa shape index (κ1) is 18.1. The maximum atomic E-state index is 13.2. The lowest BCUT2D eigenvalue weighted by molar-refractivity contribution is 0.102. The molecule has 1 aromatic heterocycles. The number of amides is 1. The summed E-state index contributed by atoms with van der Waals surface area (Å²) in [6, 6.07) is 11.0. The summed E-state index contributed by atoms with van der Waals surface area (Å²) >= 11 is 14.5. The van der Waals surface area contributed by atoms with Crippen molar-refractivity contribution in [1.29, 1.82) is 0 Å². The fourth-order valence-electron chi connectivity index (χ4n) is 1.93. The molecule has 1 N–H and O–H groups in total. The van der Waals surface area contributed by atoms with Gasteiger partial charge in [-0.25, -0.2) is 4.39 Å². The summed E-state index contributed by atoms with van der Waals surface area (Å²) < 4.78 is 13.8. The van der Waals surface area contributed by atoms with Crippen LogP contribution in [0.4, 0.5) is 9.52 Å². The lowest BCUT2D eigenvalue weighted by Gasteiger charge is -2.03. The molecule has 0 atom stereocenters. The van der Waals surface area contributed by atoms with Crippen LogP contribution in [0.1, 0.15) is 15.9 Å². The highest BCUT2D eigenvalue weighted by atomic mass is 35.5. The Morgan fingerprint density at radius 3 is 2.84 bits per heavy atom. The minimum absolute atomic E-state index is 0.262. The third-order valence-electron chi connectivity index (χ3n) is 3.05. The molecule has 0 spiro atoms. The third kappa shape index (κ3) is 4.92. The van der Waals surface area contributed by atoms with E-state index in [-0.39, 0.29) is 11.4 Å². The lowest BCUT2D eigenvalue weighted by atomic mass is 10.2. The summed E-state index contributed by atoms with van der Waals surface area (Å²) in [6.45, 7) is 0. The number of nitrogens with zero attached hydrogens (tertiary/aromatic N) is 2. The minimum Gasteiger partial charge on any atom is -0.296 e. The van der Waals surface area contributed by atoms with Gasteiger partial charge in [-0.05, 0) is 35.9 Å². The molecule has 3 aromatic rings. The molecule has 0 aliphatic carbocycles. The number of aromatic nitrogens is 2. The maximum Gasteiger partial charge on any atom is 0.259 e. The van der Waals surface area contributed by atoms with Gasteiger partial charge < -0.3 is 0 Å². The van der Waals surface area contributed by atoms with Gasteiger partial charge in [0.25, 0.3) is 5.91 Å². The molecule has 0 unspecified atom stereocenters. The number of hydrogen-bond donors (Lipinski definition) is 1. The van der Waals surface area contributed by atoms with Gasteiger partial charge in [-0.1, -0.05) is 58.4 Å². The molecule has 128 valence electrons. The normalized spacial score (nSPS) is 10.7. The zero-order chi connectivity index (χ0) is 17.8. The van der Waals surface area contributed by atoms with Gasteiger partial charge in [0.15, 0.2) is 4.34 Å². The van der Waals surface area contributed by atoms with Gasteiger partial charge in [-0.2, -0.15) is 0 Å². The van der Waals surface area contributed by atoms with E-state index in [1.54, 1.807) is 18.2 Å². The predicted molar refractivity (Wildman–Crippen MR) is 100 cm³/mol. The summed E-state index contributed by atoms with van der Waals surface area (Å²) in [6.07, 6.45) is 0. The molecule has 2 aromatic carbocycles. The SMILES string of the molecule is O=C(Nc1nnc(SCc2cccc(F)c2)s1)c1cc(Cl)ccc1Cl. The molecule has 4 nitrogen and oxygen atoms in total. The Bertz CT molecular complexity index is 920. The fourth-order valence-corrected chi connectivity index (χ4v) is 3.99. The quantitative estimate of drug-likeness (QED) is 0.441. The number of rotatable bonds is 5. The Morgan fingerprint density at radius 1 is 1.20 bits per heavy atom. The Kier molecular flexibility index (Phi) is 5.90. The van der Waals surface area contributed by atoms with Gasteiger partial charge in [-0.3, -0.25) is 10.1 Å². The molecule has 25 heavy (non-hydrogen) atoms. The highest BCUT2D eigenvalue weighted by molar-refractivity contribution is 8.00. The van der Waals surface area contributed by atoms with Crippen LogP contribution < -0.4 is 5.32 Å². The maximum absolute atomic E-state index is 13.2. The van der Waals surface area contributed by atoms with Crippen molar-refractivity contribution < 1.29 is 9.18 Å². The van der Waals surface area contributed by atoms with E-state index in [9.17, 15) is 9.18 Å². The molecule has 0 aliphatic heterocycles. The van der Waals surface area contributed by atoms with E-state index in [2.05, 4.69) is 15.5 Å². The highest BCUT2D eigenvalue weighted by Crippen LogP contribution is 2.29. The van der Waals surface area contributed by atoms with Crippen LogP contribution in [0.2, 0.25) is 10.0 Å². The summed E-state index contributed by atoms with van der Waals surface area (Å²) in [7, 11) is 0. The molecule has 1 heterocycles. The highest BCUT2D eigenvalue weighted by Gasteiger charge is 2.14. The lowest BCUT2D eigenvalue weighted by Crippen LogP contribution is -2.12. The minimum atomic E-state index is -0.412. The van der Waals surface area contributed by atoms with Crippen LogP contribution in [0.5, 0.6) is 0 Å². The van der Waals surface area contributed by atoms with Crippen molar-refractivity contribution in [3.8, 4) is 0 Å². The summed E-state index contributed by atoms with van der Waals surface area (Å²) in [5, 5.41) is 11.6. The Labute approximate surface area is 161 Å². The third-order valence-corrected chi connectivity index (χ3v) is 5.66. The standard InChI is InChI=1S/C16H10Cl2FN3OS2/c17-10-4-5-13(18)12(7-10)14(23)20-15-21-22-16(25-15)24-8-9-2-1-3-11(19)6-9/h1-7H,8H2,(H,20,21,23). The van der Waals surface area contributed by atoms with Crippen LogP contribution in [0.15, 0.2) is 46.8 Å². The molecule has 0 saturated carbocycles. The monoisotopic (exact) mass is 413 g/mol. The summed E-state index contributed by atoms with van der Waals surface area (Å²) in [5.74, 6) is -0.132. The Hall–Kier alpha value is -1.67. The van der Waals surface area contributed by atoms with Gasteiger partial charge >= 0.3 is 0 Å². The number of anilines is 1. The van der Waals surface area contributed by atoms with Gasteiger partial charge in [0.05, 0.1) is 10.6 Å². The fraction of sp³-hybridized carbons (Fsp3) is 0.0625. The van der Waals surface area contributed by atoms with Gasteiger partial charge in [0.2, 0.25) is 5.13 Å². The molecule has 0 radical (unpaired) electrons. The molecule has 9 heteroatoms. The topological polar surface area (TPSA) is 54.9 Å². The summed E-state index contributed by atoms with van der Waals surface area (Å²) in [5.41, 5.74) is 1.11. The van der Waals surface area contributed by atoms with Crippen LogP contribution in [0.3, 0.4) is 0 Å². The second-order valence-electron chi connectivity index (χ2n) is 4.87. The number of halogens is 3. The average Bonchev–Trinajstić information content (AvgIpc) is 3.02. The van der Waals surface area contributed by atoms with E-state index >= 15 is 0 Å². The van der Waals surface area contributed by atoms with Crippen molar-refractivity contribution >= 4 is 57.3 Å². The molecule has 3 rings (SSSR count). The van der Waals surface area contributed by atoms with E-state index in [1.165, 1.54) is 41.3 Å². The first-order chi connectivity index (χ1) is 12.0. The van der Waals surface area contributed by atoms with Crippen molar-refractivity contribution in [2.45, 2.75) is 10.1 Å². The summed E-state index contributed by atoms with van der Waals surface area (Å²) in [4.78, 5) is 12.2. The van der Waals surface area contributed by atoms with Crippen molar-refractivity contribution in [2.75, 3.05) is 5.32 Å². The number of benzene rings is 2. The molecule has 1 amide bonds. The van der Waals surface area contributed by atoms with Crippen LogP contribution in [-0.2, 0) is 5.75 Å². The van der Waals surface area contributed by atoms with Crippen molar-refractivity contribution in [3.05, 3.63) is 69.5 Å². The molecular formula is C16H10Cl2FN3OS2. The van der Waals surface area contributed by atoms with E-state index in [4.69, 9.17) is 23.2 Å². The van der Waals surface area contributed by atoms with E-state index in [1.807, 2.05) is 6.07 Å². The molecule has 0 bridgehead atoms. The largest absolute Gasteiger partial charge is 0.296 e. The van der Waals surface area contributed by atoms with Crippen LogP contribution >= 0.6 is 46.3 Å². The zero-order valence-electron chi connectivity index (χ0n) is 12.5. The second kappa shape index (κ2) is 8.14. The Morgan fingerprint density at radius 2 is 2.04 bits per heavy atom. The average molecular weight is 414 g/mol. The Balaban J connectivity index is 1.63.